The number of hydrogen-bond donors (Lipinski definition) is 0. The number of rotatable bonds is 2. The van der Waals surface area contributed by atoms with Crippen LogP contribution in [0.1, 0.15) is 11.3 Å². The van der Waals surface area contributed by atoms with E-state index in [1.807, 2.05) is 12.4 Å². The summed E-state index contributed by atoms with van der Waals surface area (Å²) in [6, 6.07) is 8.35. The summed E-state index contributed by atoms with van der Waals surface area (Å²) in [5.41, 5.74) is 5.23. The second-order valence-corrected chi connectivity index (χ2v) is 5.88. The summed E-state index contributed by atoms with van der Waals surface area (Å²) in [5.74, 6) is 0. The van der Waals surface area contributed by atoms with Crippen LogP contribution in [0.3, 0.4) is 0 Å². The lowest BCUT2D eigenvalue weighted by Crippen LogP contribution is -1.78. The standard InChI is InChI=1S/C13H11N3S2/c1-8-3-5-10(6-4-8)12-15-16-13(18-12)11-9(2)14-7-17-11/h3-7H,1-2H3. The molecule has 0 amide bonds. The van der Waals surface area contributed by atoms with E-state index in [4.69, 9.17) is 0 Å². The molecule has 2 aromatic heterocycles. The number of aromatic nitrogens is 3. The normalized spacial score (nSPS) is 10.8. The van der Waals surface area contributed by atoms with Crippen LogP contribution in [0.25, 0.3) is 20.5 Å². The zero-order valence-electron chi connectivity index (χ0n) is 10.0. The van der Waals surface area contributed by atoms with Crippen molar-refractivity contribution in [3.8, 4) is 20.5 Å². The third-order valence-corrected chi connectivity index (χ3v) is 4.72. The zero-order chi connectivity index (χ0) is 12.5. The summed E-state index contributed by atoms with van der Waals surface area (Å²) in [6.07, 6.45) is 0. The summed E-state index contributed by atoms with van der Waals surface area (Å²) >= 11 is 3.22. The van der Waals surface area contributed by atoms with Gasteiger partial charge in [-0.2, -0.15) is 0 Å². The molecule has 18 heavy (non-hydrogen) atoms. The van der Waals surface area contributed by atoms with Crippen LogP contribution in [-0.4, -0.2) is 15.2 Å². The average molecular weight is 273 g/mol. The Labute approximate surface area is 113 Å². The van der Waals surface area contributed by atoms with Gasteiger partial charge in [0, 0.05) is 5.56 Å². The van der Waals surface area contributed by atoms with Crippen molar-refractivity contribution in [1.29, 1.82) is 0 Å². The van der Waals surface area contributed by atoms with Gasteiger partial charge in [-0.1, -0.05) is 41.2 Å². The lowest BCUT2D eigenvalue weighted by Gasteiger charge is -1.95. The lowest BCUT2D eigenvalue weighted by molar-refractivity contribution is 1.10. The van der Waals surface area contributed by atoms with Crippen LogP contribution < -0.4 is 0 Å². The van der Waals surface area contributed by atoms with Crippen LogP contribution in [0.2, 0.25) is 0 Å². The average Bonchev–Trinajstić information content (AvgIpc) is 2.98. The van der Waals surface area contributed by atoms with E-state index < -0.39 is 0 Å². The van der Waals surface area contributed by atoms with Crippen molar-refractivity contribution < 1.29 is 0 Å². The van der Waals surface area contributed by atoms with Gasteiger partial charge in [0.1, 0.15) is 5.01 Å². The molecule has 0 unspecified atom stereocenters. The molecule has 3 nitrogen and oxygen atoms in total. The highest BCUT2D eigenvalue weighted by Gasteiger charge is 2.12. The smallest absolute Gasteiger partial charge is 0.160 e. The SMILES string of the molecule is Cc1ccc(-c2nnc(-c3scnc3C)s2)cc1. The van der Waals surface area contributed by atoms with E-state index in [-0.39, 0.29) is 0 Å². The molecule has 0 saturated carbocycles. The third-order valence-electron chi connectivity index (χ3n) is 2.66. The van der Waals surface area contributed by atoms with E-state index in [9.17, 15) is 0 Å². The minimum atomic E-state index is 0.950. The monoisotopic (exact) mass is 273 g/mol. The van der Waals surface area contributed by atoms with Crippen molar-refractivity contribution in [1.82, 2.24) is 15.2 Å². The van der Waals surface area contributed by atoms with E-state index in [2.05, 4.69) is 46.4 Å². The second-order valence-electron chi connectivity index (χ2n) is 4.05. The predicted octanol–water partition coefficient (Wildman–Crippen LogP) is 3.95. The summed E-state index contributed by atoms with van der Waals surface area (Å²) in [5, 5.41) is 10.4. The van der Waals surface area contributed by atoms with E-state index in [0.29, 0.717) is 0 Å². The van der Waals surface area contributed by atoms with E-state index >= 15 is 0 Å². The largest absolute Gasteiger partial charge is 0.249 e. The molecule has 0 saturated heterocycles. The maximum absolute atomic E-state index is 4.26. The molecule has 3 rings (SSSR count). The first kappa shape index (κ1) is 11.5. The minimum Gasteiger partial charge on any atom is -0.249 e. The van der Waals surface area contributed by atoms with Crippen molar-refractivity contribution in [3.63, 3.8) is 0 Å². The molecule has 2 heterocycles. The summed E-state index contributed by atoms with van der Waals surface area (Å²) in [4.78, 5) is 5.36. The number of thiazole rings is 1. The van der Waals surface area contributed by atoms with Gasteiger partial charge in [0.05, 0.1) is 16.1 Å². The molecule has 0 atom stereocenters. The third kappa shape index (κ3) is 2.07. The highest BCUT2D eigenvalue weighted by molar-refractivity contribution is 7.22. The van der Waals surface area contributed by atoms with Gasteiger partial charge in [-0.05, 0) is 13.8 Å². The number of nitrogens with zero attached hydrogens (tertiary/aromatic N) is 3. The molecule has 5 heteroatoms. The van der Waals surface area contributed by atoms with Gasteiger partial charge >= 0.3 is 0 Å². The van der Waals surface area contributed by atoms with Crippen molar-refractivity contribution in [2.75, 3.05) is 0 Å². The summed E-state index contributed by atoms with van der Waals surface area (Å²) in [6.45, 7) is 4.08. The van der Waals surface area contributed by atoms with Gasteiger partial charge in [-0.3, -0.25) is 0 Å². The Morgan fingerprint density at radius 3 is 2.33 bits per heavy atom. The molecule has 0 fully saturated rings. The van der Waals surface area contributed by atoms with Crippen LogP contribution in [-0.2, 0) is 0 Å². The molecule has 90 valence electrons. The van der Waals surface area contributed by atoms with Crippen LogP contribution in [0, 0.1) is 13.8 Å². The Morgan fingerprint density at radius 2 is 1.67 bits per heavy atom. The van der Waals surface area contributed by atoms with E-state index in [1.165, 1.54) is 5.56 Å². The van der Waals surface area contributed by atoms with E-state index in [0.717, 1.165) is 26.1 Å². The van der Waals surface area contributed by atoms with Crippen molar-refractivity contribution in [2.24, 2.45) is 0 Å². The molecule has 0 N–H and O–H groups in total. The lowest BCUT2D eigenvalue weighted by atomic mass is 10.2. The van der Waals surface area contributed by atoms with Crippen molar-refractivity contribution in [2.45, 2.75) is 13.8 Å². The highest BCUT2D eigenvalue weighted by Crippen LogP contribution is 2.33. The first-order valence-electron chi connectivity index (χ1n) is 5.55. The molecule has 0 spiro atoms. The maximum atomic E-state index is 4.26. The molecular weight excluding hydrogens is 262 g/mol. The van der Waals surface area contributed by atoms with Gasteiger partial charge < -0.3 is 0 Å². The number of hydrogen-bond acceptors (Lipinski definition) is 5. The zero-order valence-corrected chi connectivity index (χ0v) is 11.7. The Morgan fingerprint density at radius 1 is 0.944 bits per heavy atom. The van der Waals surface area contributed by atoms with Crippen LogP contribution >= 0.6 is 22.7 Å². The van der Waals surface area contributed by atoms with Crippen molar-refractivity contribution in [3.05, 3.63) is 41.0 Å². The first-order chi connectivity index (χ1) is 8.74. The van der Waals surface area contributed by atoms with Gasteiger partial charge in [0.25, 0.3) is 0 Å². The first-order valence-corrected chi connectivity index (χ1v) is 7.24. The highest BCUT2D eigenvalue weighted by atomic mass is 32.1. The van der Waals surface area contributed by atoms with E-state index in [1.54, 1.807) is 22.7 Å². The Bertz CT molecular complexity index is 668. The summed E-state index contributed by atoms with van der Waals surface area (Å²) in [7, 11) is 0. The van der Waals surface area contributed by atoms with Crippen LogP contribution in [0.15, 0.2) is 29.8 Å². The maximum Gasteiger partial charge on any atom is 0.160 e. The Kier molecular flexibility index (Phi) is 2.93. The van der Waals surface area contributed by atoms with Crippen LogP contribution in [0.4, 0.5) is 0 Å². The van der Waals surface area contributed by atoms with Crippen LogP contribution in [0.5, 0.6) is 0 Å². The minimum absolute atomic E-state index is 0.950. The molecule has 0 aliphatic carbocycles. The molecule has 0 aliphatic rings. The fourth-order valence-electron chi connectivity index (χ4n) is 1.63. The Balaban J connectivity index is 1.99. The predicted molar refractivity (Wildman–Crippen MR) is 75.9 cm³/mol. The molecule has 0 radical (unpaired) electrons. The molecule has 0 aliphatic heterocycles. The molecule has 3 aromatic rings. The number of benzene rings is 1. The molecular formula is C13H11N3S2. The van der Waals surface area contributed by atoms with Gasteiger partial charge in [-0.25, -0.2) is 4.98 Å². The van der Waals surface area contributed by atoms with Crippen molar-refractivity contribution >= 4 is 22.7 Å². The fourth-order valence-corrected chi connectivity index (χ4v) is 3.43. The topological polar surface area (TPSA) is 38.7 Å². The van der Waals surface area contributed by atoms with Gasteiger partial charge in [0.2, 0.25) is 0 Å². The Hall–Kier alpha value is -1.59. The number of aryl methyl sites for hydroxylation is 2. The molecule has 0 bridgehead atoms. The quantitative estimate of drug-likeness (QED) is 0.709. The van der Waals surface area contributed by atoms with Gasteiger partial charge in [0.15, 0.2) is 5.01 Å². The van der Waals surface area contributed by atoms with Gasteiger partial charge in [-0.15, -0.1) is 21.5 Å². The molecule has 1 aromatic carbocycles. The fraction of sp³-hybridized carbons (Fsp3) is 0.154. The summed E-state index contributed by atoms with van der Waals surface area (Å²) < 4.78 is 0. The second kappa shape index (κ2) is 4.59.